The van der Waals surface area contributed by atoms with E-state index in [2.05, 4.69) is 15.6 Å². The van der Waals surface area contributed by atoms with Crippen molar-refractivity contribution in [2.24, 2.45) is 0 Å². The fourth-order valence-electron chi connectivity index (χ4n) is 4.10. The van der Waals surface area contributed by atoms with Crippen LogP contribution in [0.3, 0.4) is 0 Å². The average molecular weight is 479 g/mol. The first kappa shape index (κ1) is 21.9. The summed E-state index contributed by atoms with van der Waals surface area (Å²) < 4.78 is 11.2. The van der Waals surface area contributed by atoms with Crippen LogP contribution in [0.1, 0.15) is 18.9 Å². The van der Waals surface area contributed by atoms with Gasteiger partial charge in [0.1, 0.15) is 25.3 Å². The molecular formula is C24H22N4O5S. The number of benzene rings is 2. The number of fused-ring (bicyclic) bond motifs is 1. The maximum absolute atomic E-state index is 13.2. The third-order valence-corrected chi connectivity index (χ3v) is 6.62. The van der Waals surface area contributed by atoms with Crippen molar-refractivity contribution in [3.63, 3.8) is 0 Å². The summed E-state index contributed by atoms with van der Waals surface area (Å²) in [6, 6.07) is 14.0. The van der Waals surface area contributed by atoms with Crippen LogP contribution in [-0.2, 0) is 15.1 Å². The van der Waals surface area contributed by atoms with E-state index in [0.717, 1.165) is 10.5 Å². The standard InChI is InChI=1S/C24H22N4O5S/c1-2-24(16-6-4-3-5-7-16)21(30)28(23(31)27-24)13-20(29)26-22-25-17(14-34-22)15-8-9-18-19(12-15)33-11-10-32-18/h3-9,12,14H,2,10-11,13H2,1H3,(H,27,31)(H,25,26,29)/t24-/m0/s1. The highest BCUT2D eigenvalue weighted by Crippen LogP contribution is 2.36. The lowest BCUT2D eigenvalue weighted by molar-refractivity contribution is -0.134. The summed E-state index contributed by atoms with van der Waals surface area (Å²) in [5, 5.41) is 7.64. The lowest BCUT2D eigenvalue weighted by Crippen LogP contribution is -2.44. The number of thiazole rings is 1. The lowest BCUT2D eigenvalue weighted by Gasteiger charge is -2.25. The van der Waals surface area contributed by atoms with Gasteiger partial charge in [0.2, 0.25) is 5.91 Å². The fraction of sp³-hybridized carbons (Fsp3) is 0.250. The lowest BCUT2D eigenvalue weighted by atomic mass is 9.87. The molecule has 2 aliphatic rings. The zero-order chi connectivity index (χ0) is 23.7. The molecule has 0 radical (unpaired) electrons. The van der Waals surface area contributed by atoms with Gasteiger partial charge in [-0.15, -0.1) is 11.3 Å². The zero-order valence-electron chi connectivity index (χ0n) is 18.4. The van der Waals surface area contributed by atoms with Crippen LogP contribution in [0.4, 0.5) is 9.93 Å². The van der Waals surface area contributed by atoms with Crippen molar-refractivity contribution in [2.45, 2.75) is 18.9 Å². The minimum Gasteiger partial charge on any atom is -0.486 e. The van der Waals surface area contributed by atoms with Crippen molar-refractivity contribution in [2.75, 3.05) is 25.1 Å². The second-order valence-corrected chi connectivity index (χ2v) is 8.75. The molecule has 174 valence electrons. The molecule has 3 aromatic rings. The highest BCUT2D eigenvalue weighted by atomic mass is 32.1. The third kappa shape index (κ3) is 3.86. The summed E-state index contributed by atoms with van der Waals surface area (Å²) in [6.07, 6.45) is 0.366. The number of carbonyl (C=O) groups excluding carboxylic acids is 3. The molecule has 3 heterocycles. The second kappa shape index (κ2) is 8.79. The number of aromatic nitrogens is 1. The van der Waals surface area contributed by atoms with Crippen LogP contribution in [0.5, 0.6) is 11.5 Å². The van der Waals surface area contributed by atoms with Crippen molar-refractivity contribution in [1.29, 1.82) is 0 Å². The molecule has 0 bridgehead atoms. The summed E-state index contributed by atoms with van der Waals surface area (Å²) in [5.41, 5.74) is 1.00. The molecular weight excluding hydrogens is 456 g/mol. The molecule has 0 unspecified atom stereocenters. The Balaban J connectivity index is 1.27. The van der Waals surface area contributed by atoms with Gasteiger partial charge in [-0.25, -0.2) is 9.78 Å². The molecule has 1 atom stereocenters. The number of amides is 4. The van der Waals surface area contributed by atoms with Gasteiger partial charge >= 0.3 is 6.03 Å². The molecule has 5 rings (SSSR count). The largest absolute Gasteiger partial charge is 0.486 e. The molecule has 9 nitrogen and oxygen atoms in total. The van der Waals surface area contributed by atoms with Gasteiger partial charge < -0.3 is 20.1 Å². The second-order valence-electron chi connectivity index (χ2n) is 7.89. The smallest absolute Gasteiger partial charge is 0.325 e. The number of rotatable bonds is 6. The van der Waals surface area contributed by atoms with Crippen molar-refractivity contribution >= 4 is 34.3 Å². The molecule has 10 heteroatoms. The molecule has 2 aliphatic heterocycles. The Morgan fingerprint density at radius 2 is 1.91 bits per heavy atom. The molecule has 0 saturated carbocycles. The van der Waals surface area contributed by atoms with Gasteiger partial charge in [-0.2, -0.15) is 0 Å². The third-order valence-electron chi connectivity index (χ3n) is 5.86. The van der Waals surface area contributed by atoms with Gasteiger partial charge in [-0.3, -0.25) is 14.5 Å². The van der Waals surface area contributed by atoms with E-state index in [1.165, 1.54) is 11.3 Å². The van der Waals surface area contributed by atoms with E-state index < -0.39 is 29.9 Å². The fourth-order valence-corrected chi connectivity index (χ4v) is 4.84. The van der Waals surface area contributed by atoms with Crippen molar-refractivity contribution in [3.8, 4) is 22.8 Å². The van der Waals surface area contributed by atoms with E-state index in [-0.39, 0.29) is 0 Å². The minimum atomic E-state index is -1.18. The number of urea groups is 1. The van der Waals surface area contributed by atoms with E-state index in [9.17, 15) is 14.4 Å². The number of hydrogen-bond donors (Lipinski definition) is 2. The molecule has 0 spiro atoms. The highest BCUT2D eigenvalue weighted by Gasteiger charge is 2.51. The number of hydrogen-bond acceptors (Lipinski definition) is 7. The average Bonchev–Trinajstić information content (AvgIpc) is 3.42. The van der Waals surface area contributed by atoms with Crippen LogP contribution in [0, 0.1) is 0 Å². The Bertz CT molecular complexity index is 1260. The van der Waals surface area contributed by atoms with Gasteiger partial charge in [0.05, 0.1) is 5.69 Å². The molecule has 4 amide bonds. The van der Waals surface area contributed by atoms with E-state index in [0.29, 0.717) is 47.5 Å². The van der Waals surface area contributed by atoms with Crippen LogP contribution in [0.2, 0.25) is 0 Å². The van der Waals surface area contributed by atoms with Crippen LogP contribution >= 0.6 is 11.3 Å². The normalized spacial score (nSPS) is 19.1. The summed E-state index contributed by atoms with van der Waals surface area (Å²) in [7, 11) is 0. The van der Waals surface area contributed by atoms with Gasteiger partial charge in [0, 0.05) is 10.9 Å². The van der Waals surface area contributed by atoms with Gasteiger partial charge in [-0.05, 0) is 30.2 Å². The first-order valence-corrected chi connectivity index (χ1v) is 11.7. The molecule has 1 fully saturated rings. The minimum absolute atomic E-state index is 0.366. The molecule has 1 saturated heterocycles. The summed E-state index contributed by atoms with van der Waals surface area (Å²) >= 11 is 1.25. The van der Waals surface area contributed by atoms with Gasteiger partial charge in [-0.1, -0.05) is 37.3 Å². The Hall–Kier alpha value is -3.92. The Morgan fingerprint density at radius 3 is 2.68 bits per heavy atom. The molecule has 0 aliphatic carbocycles. The quantitative estimate of drug-likeness (QED) is 0.526. The number of imide groups is 1. The van der Waals surface area contributed by atoms with E-state index in [1.807, 2.05) is 48.7 Å². The van der Waals surface area contributed by atoms with Gasteiger partial charge in [0.25, 0.3) is 5.91 Å². The number of nitrogens with one attached hydrogen (secondary N) is 2. The molecule has 2 aromatic carbocycles. The summed E-state index contributed by atoms with van der Waals surface area (Å²) in [5.74, 6) is 0.383. The van der Waals surface area contributed by atoms with Crippen molar-refractivity contribution in [3.05, 3.63) is 59.5 Å². The van der Waals surface area contributed by atoms with E-state index in [4.69, 9.17) is 9.47 Å². The maximum atomic E-state index is 13.2. The topological polar surface area (TPSA) is 110 Å². The van der Waals surface area contributed by atoms with Crippen LogP contribution in [-0.4, -0.2) is 47.5 Å². The summed E-state index contributed by atoms with van der Waals surface area (Å²) in [4.78, 5) is 43.9. The van der Waals surface area contributed by atoms with Crippen molar-refractivity contribution < 1.29 is 23.9 Å². The predicted octanol–water partition coefficient (Wildman–Crippen LogP) is 3.38. The number of carbonyl (C=O) groups is 3. The number of ether oxygens (including phenoxy) is 2. The number of anilines is 1. The summed E-state index contributed by atoms with van der Waals surface area (Å²) in [6.45, 7) is 2.42. The monoisotopic (exact) mass is 478 g/mol. The molecule has 34 heavy (non-hydrogen) atoms. The Labute approximate surface area is 199 Å². The Morgan fingerprint density at radius 1 is 1.15 bits per heavy atom. The van der Waals surface area contributed by atoms with Crippen molar-refractivity contribution in [1.82, 2.24) is 15.2 Å². The molecule has 2 N–H and O–H groups in total. The molecule has 1 aromatic heterocycles. The highest BCUT2D eigenvalue weighted by molar-refractivity contribution is 7.14. The van der Waals surface area contributed by atoms with Gasteiger partial charge in [0.15, 0.2) is 16.6 Å². The Kier molecular flexibility index (Phi) is 5.66. The maximum Gasteiger partial charge on any atom is 0.325 e. The predicted molar refractivity (Wildman–Crippen MR) is 126 cm³/mol. The first-order chi connectivity index (χ1) is 16.5. The number of nitrogens with zero attached hydrogens (tertiary/aromatic N) is 2. The van der Waals surface area contributed by atoms with E-state index in [1.54, 1.807) is 12.1 Å². The van der Waals surface area contributed by atoms with Crippen LogP contribution < -0.4 is 20.1 Å². The first-order valence-electron chi connectivity index (χ1n) is 10.9. The van der Waals surface area contributed by atoms with Crippen LogP contribution in [0.25, 0.3) is 11.3 Å². The zero-order valence-corrected chi connectivity index (χ0v) is 19.2. The van der Waals surface area contributed by atoms with Crippen LogP contribution in [0.15, 0.2) is 53.9 Å². The van der Waals surface area contributed by atoms with E-state index >= 15 is 0 Å². The SMILES string of the molecule is CC[C@@]1(c2ccccc2)NC(=O)N(CC(=O)Nc2nc(-c3ccc4c(c3)OCCO4)cs2)C1=O.